The number of anilines is 1. The summed E-state index contributed by atoms with van der Waals surface area (Å²) in [5.74, 6) is -1.22. The highest BCUT2D eigenvalue weighted by Crippen LogP contribution is 2.26. The van der Waals surface area contributed by atoms with Gasteiger partial charge < -0.3 is 15.1 Å². The predicted octanol–water partition coefficient (Wildman–Crippen LogP) is 3.73. The van der Waals surface area contributed by atoms with Crippen LogP contribution < -0.4 is 4.90 Å². The van der Waals surface area contributed by atoms with E-state index in [1.54, 1.807) is 0 Å². The van der Waals surface area contributed by atoms with Crippen LogP contribution in [0.4, 0.5) is 5.69 Å². The van der Waals surface area contributed by atoms with Crippen molar-refractivity contribution in [1.82, 2.24) is 0 Å². The molecule has 5 heteroatoms. The molecule has 0 aliphatic carbocycles. The summed E-state index contributed by atoms with van der Waals surface area (Å²) >= 11 is 0. The number of nitrogens with zero attached hydrogens (tertiary/aromatic N) is 2. The van der Waals surface area contributed by atoms with Gasteiger partial charge in [-0.3, -0.25) is 4.79 Å². The first kappa shape index (κ1) is 18.1. The number of allylic oxidation sites excluding steroid dienone is 1. The summed E-state index contributed by atoms with van der Waals surface area (Å²) in [6.45, 7) is 5.96. The number of hydrogen-bond donors (Lipinski definition) is 2. The van der Waals surface area contributed by atoms with Gasteiger partial charge in [0, 0.05) is 24.3 Å². The molecule has 0 saturated carbocycles. The fourth-order valence-corrected chi connectivity index (χ4v) is 2.51. The smallest absolute Gasteiger partial charge is 0.203 e. The third-order valence-corrected chi connectivity index (χ3v) is 3.94. The molecule has 0 heterocycles. The summed E-state index contributed by atoms with van der Waals surface area (Å²) in [5, 5.41) is 28.1. The Labute approximate surface area is 147 Å². The van der Waals surface area contributed by atoms with Gasteiger partial charge >= 0.3 is 0 Å². The molecule has 0 aliphatic heterocycles. The highest BCUT2D eigenvalue weighted by atomic mass is 16.3. The normalized spacial score (nSPS) is 11.0. The number of carbonyl (C=O) groups is 1. The Morgan fingerprint density at radius 1 is 1.08 bits per heavy atom. The molecular formula is C20H20N2O3. The predicted molar refractivity (Wildman–Crippen MR) is 97.7 cm³/mol. The average molecular weight is 336 g/mol. The molecule has 2 aromatic rings. The van der Waals surface area contributed by atoms with Crippen molar-refractivity contribution >= 4 is 17.5 Å². The Hall–Kier alpha value is -3.26. The van der Waals surface area contributed by atoms with Gasteiger partial charge in [-0.05, 0) is 55.8 Å². The minimum atomic E-state index is -0.509. The van der Waals surface area contributed by atoms with Gasteiger partial charge in [0.15, 0.2) is 11.5 Å². The third-order valence-electron chi connectivity index (χ3n) is 3.94. The first-order valence-corrected chi connectivity index (χ1v) is 8.03. The number of ketones is 1. The second-order valence-corrected chi connectivity index (χ2v) is 5.47. The van der Waals surface area contributed by atoms with E-state index in [4.69, 9.17) is 0 Å². The zero-order chi connectivity index (χ0) is 18.4. The van der Waals surface area contributed by atoms with E-state index in [9.17, 15) is 20.3 Å². The Morgan fingerprint density at radius 3 is 2.24 bits per heavy atom. The molecule has 0 bridgehead atoms. The number of nitriles is 1. The molecule has 0 fully saturated rings. The van der Waals surface area contributed by atoms with Crippen LogP contribution in [0.3, 0.4) is 0 Å². The molecule has 0 amide bonds. The standard InChI is InChI=1S/C20H20N2O3/c1-3-22(4-2)17-8-5-14(6-9-17)11-16(13-21)20(25)15-7-10-18(23)19(24)12-15/h5-12,23-24H,3-4H2,1-2H3. The Kier molecular flexibility index (Phi) is 5.80. The Bertz CT molecular complexity index is 829. The number of carbonyl (C=O) groups excluding carboxylic acids is 1. The number of hydrogen-bond acceptors (Lipinski definition) is 5. The van der Waals surface area contributed by atoms with Crippen molar-refractivity contribution in [3.63, 3.8) is 0 Å². The molecule has 0 aromatic heterocycles. The van der Waals surface area contributed by atoms with Crippen molar-refractivity contribution < 1.29 is 15.0 Å². The van der Waals surface area contributed by atoms with E-state index in [0.717, 1.165) is 30.4 Å². The van der Waals surface area contributed by atoms with Gasteiger partial charge in [-0.15, -0.1) is 0 Å². The molecule has 0 unspecified atom stereocenters. The van der Waals surface area contributed by atoms with Crippen molar-refractivity contribution in [2.75, 3.05) is 18.0 Å². The Balaban J connectivity index is 2.29. The van der Waals surface area contributed by atoms with E-state index in [2.05, 4.69) is 18.7 Å². The fraction of sp³-hybridized carbons (Fsp3) is 0.200. The molecule has 0 radical (unpaired) electrons. The lowest BCUT2D eigenvalue weighted by Gasteiger charge is -2.20. The van der Waals surface area contributed by atoms with Gasteiger partial charge in [0.05, 0.1) is 0 Å². The minimum absolute atomic E-state index is 0.0410. The molecule has 25 heavy (non-hydrogen) atoms. The van der Waals surface area contributed by atoms with Gasteiger partial charge in [-0.25, -0.2) is 0 Å². The number of benzene rings is 2. The van der Waals surface area contributed by atoms with Crippen molar-refractivity contribution in [3.8, 4) is 17.6 Å². The summed E-state index contributed by atoms with van der Waals surface area (Å²) in [7, 11) is 0. The van der Waals surface area contributed by atoms with Crippen molar-refractivity contribution in [3.05, 3.63) is 59.2 Å². The van der Waals surface area contributed by atoms with Gasteiger partial charge in [-0.2, -0.15) is 5.26 Å². The second kappa shape index (κ2) is 8.02. The number of aromatic hydroxyl groups is 2. The molecule has 2 rings (SSSR count). The molecule has 2 aromatic carbocycles. The zero-order valence-corrected chi connectivity index (χ0v) is 14.2. The lowest BCUT2D eigenvalue weighted by Crippen LogP contribution is -2.21. The van der Waals surface area contributed by atoms with E-state index < -0.39 is 11.5 Å². The number of rotatable bonds is 6. The van der Waals surface area contributed by atoms with Gasteiger partial charge in [-0.1, -0.05) is 12.1 Å². The summed E-state index contributed by atoms with van der Waals surface area (Å²) in [6, 6.07) is 13.2. The van der Waals surface area contributed by atoms with Crippen LogP contribution in [0.15, 0.2) is 48.0 Å². The molecule has 0 spiro atoms. The van der Waals surface area contributed by atoms with Crippen LogP contribution in [0.25, 0.3) is 6.08 Å². The van der Waals surface area contributed by atoms with Gasteiger partial charge in [0.2, 0.25) is 5.78 Å². The SMILES string of the molecule is CCN(CC)c1ccc(C=C(C#N)C(=O)c2ccc(O)c(O)c2)cc1. The highest BCUT2D eigenvalue weighted by molar-refractivity contribution is 6.14. The molecule has 0 atom stereocenters. The van der Waals surface area contributed by atoms with Crippen LogP contribution >= 0.6 is 0 Å². The maximum absolute atomic E-state index is 12.4. The van der Waals surface area contributed by atoms with Crippen LogP contribution in [0.2, 0.25) is 0 Å². The number of phenolic OH excluding ortho intramolecular Hbond substituents is 2. The minimum Gasteiger partial charge on any atom is -0.504 e. The molecule has 0 aliphatic rings. The number of Topliss-reactive ketones (excluding diaryl/α,β-unsaturated/α-hetero) is 1. The van der Waals surface area contributed by atoms with Gasteiger partial charge in [0.1, 0.15) is 11.6 Å². The third kappa shape index (κ3) is 4.18. The molecule has 2 N–H and O–H groups in total. The van der Waals surface area contributed by atoms with Gasteiger partial charge in [0.25, 0.3) is 0 Å². The van der Waals surface area contributed by atoms with E-state index in [1.807, 2.05) is 30.3 Å². The summed E-state index contributed by atoms with van der Waals surface area (Å²) < 4.78 is 0. The zero-order valence-electron chi connectivity index (χ0n) is 14.2. The summed E-state index contributed by atoms with van der Waals surface area (Å²) in [4.78, 5) is 14.6. The fourth-order valence-electron chi connectivity index (χ4n) is 2.51. The molecule has 128 valence electrons. The lowest BCUT2D eigenvalue weighted by molar-refractivity contribution is 0.103. The number of phenols is 2. The second-order valence-electron chi connectivity index (χ2n) is 5.47. The van der Waals surface area contributed by atoms with Crippen molar-refractivity contribution in [2.45, 2.75) is 13.8 Å². The van der Waals surface area contributed by atoms with Crippen LogP contribution in [0.5, 0.6) is 11.5 Å². The average Bonchev–Trinajstić information content (AvgIpc) is 2.63. The monoisotopic (exact) mass is 336 g/mol. The Morgan fingerprint density at radius 2 is 1.72 bits per heavy atom. The van der Waals surface area contributed by atoms with Crippen LogP contribution in [0, 0.1) is 11.3 Å². The summed E-state index contributed by atoms with van der Waals surface area (Å²) in [6.07, 6.45) is 1.51. The van der Waals surface area contributed by atoms with Crippen molar-refractivity contribution in [2.24, 2.45) is 0 Å². The molecule has 0 saturated heterocycles. The topological polar surface area (TPSA) is 84.6 Å². The van der Waals surface area contributed by atoms with E-state index >= 15 is 0 Å². The first-order valence-electron chi connectivity index (χ1n) is 8.03. The maximum Gasteiger partial charge on any atom is 0.203 e. The van der Waals surface area contributed by atoms with Crippen LogP contribution in [-0.2, 0) is 0 Å². The lowest BCUT2D eigenvalue weighted by atomic mass is 10.0. The largest absolute Gasteiger partial charge is 0.504 e. The molecular weight excluding hydrogens is 316 g/mol. The quantitative estimate of drug-likeness (QED) is 0.363. The van der Waals surface area contributed by atoms with Crippen LogP contribution in [0.1, 0.15) is 29.8 Å². The van der Waals surface area contributed by atoms with E-state index in [0.29, 0.717) is 0 Å². The van der Waals surface area contributed by atoms with Crippen molar-refractivity contribution in [1.29, 1.82) is 5.26 Å². The molecule has 5 nitrogen and oxygen atoms in total. The summed E-state index contributed by atoms with van der Waals surface area (Å²) in [5.41, 5.74) is 1.92. The van der Waals surface area contributed by atoms with Crippen LogP contribution in [-0.4, -0.2) is 29.1 Å². The van der Waals surface area contributed by atoms with E-state index in [-0.39, 0.29) is 16.9 Å². The maximum atomic E-state index is 12.4. The van der Waals surface area contributed by atoms with E-state index in [1.165, 1.54) is 18.2 Å². The highest BCUT2D eigenvalue weighted by Gasteiger charge is 2.14. The first-order chi connectivity index (χ1) is 12.0.